The first kappa shape index (κ1) is 19.5. The van der Waals surface area contributed by atoms with Gasteiger partial charge in [0.15, 0.2) is 0 Å². The number of benzene rings is 1. The topological polar surface area (TPSA) is 42.1 Å². The van der Waals surface area contributed by atoms with Gasteiger partial charge in [-0.05, 0) is 61.3 Å². The molecule has 0 unspecified atom stereocenters. The second-order valence-electron chi connectivity index (χ2n) is 7.75. The standard InChI is InChI=1S/C24H33N3/c1-4-5-6-9-22-17-23(18(2)26-24(22)25)16-20-10-12-21(13-11-20)19(3)27-14-7-8-15-27/h10-13,17H,3-9,14-16H2,1-2H3,(H2,25,26). The van der Waals surface area contributed by atoms with E-state index in [0.717, 1.165) is 37.3 Å². The van der Waals surface area contributed by atoms with Crippen molar-refractivity contribution in [3.63, 3.8) is 0 Å². The number of likely N-dealkylation sites (tertiary alicyclic amines) is 1. The molecule has 1 fully saturated rings. The lowest BCUT2D eigenvalue weighted by Gasteiger charge is -2.20. The summed E-state index contributed by atoms with van der Waals surface area (Å²) in [6.45, 7) is 10.9. The maximum Gasteiger partial charge on any atom is 0.126 e. The molecule has 3 rings (SSSR count). The lowest BCUT2D eigenvalue weighted by Crippen LogP contribution is -2.16. The molecular formula is C24H33N3. The molecule has 2 N–H and O–H groups in total. The van der Waals surface area contributed by atoms with Crippen LogP contribution in [0, 0.1) is 6.92 Å². The summed E-state index contributed by atoms with van der Waals surface area (Å²) in [6.07, 6.45) is 8.12. The number of hydrogen-bond acceptors (Lipinski definition) is 3. The Morgan fingerprint density at radius 2 is 1.81 bits per heavy atom. The molecule has 1 aliphatic heterocycles. The fraction of sp³-hybridized carbons (Fsp3) is 0.458. The molecule has 0 aliphatic carbocycles. The zero-order valence-electron chi connectivity index (χ0n) is 16.9. The summed E-state index contributed by atoms with van der Waals surface area (Å²) in [5, 5.41) is 0. The van der Waals surface area contributed by atoms with Crippen molar-refractivity contribution in [1.82, 2.24) is 9.88 Å². The first-order valence-electron chi connectivity index (χ1n) is 10.4. The number of nitrogens with two attached hydrogens (primary N) is 1. The summed E-state index contributed by atoms with van der Waals surface area (Å²) in [4.78, 5) is 7.00. The van der Waals surface area contributed by atoms with Crippen LogP contribution in [-0.4, -0.2) is 23.0 Å². The van der Waals surface area contributed by atoms with E-state index in [4.69, 9.17) is 5.73 Å². The van der Waals surface area contributed by atoms with Crippen LogP contribution in [0.3, 0.4) is 0 Å². The van der Waals surface area contributed by atoms with Crippen molar-refractivity contribution in [1.29, 1.82) is 0 Å². The fourth-order valence-electron chi connectivity index (χ4n) is 3.86. The number of pyridine rings is 1. The molecule has 1 aromatic carbocycles. The quantitative estimate of drug-likeness (QED) is 0.642. The number of aryl methyl sites for hydroxylation is 2. The normalized spacial score (nSPS) is 13.9. The van der Waals surface area contributed by atoms with Crippen LogP contribution >= 0.6 is 0 Å². The molecule has 2 heterocycles. The molecule has 3 heteroatoms. The van der Waals surface area contributed by atoms with Gasteiger partial charge in [-0.1, -0.05) is 56.7 Å². The van der Waals surface area contributed by atoms with Crippen molar-refractivity contribution >= 4 is 11.5 Å². The molecule has 144 valence electrons. The van der Waals surface area contributed by atoms with Gasteiger partial charge in [-0.3, -0.25) is 0 Å². The number of anilines is 1. The van der Waals surface area contributed by atoms with E-state index in [9.17, 15) is 0 Å². The molecule has 27 heavy (non-hydrogen) atoms. The van der Waals surface area contributed by atoms with Crippen LogP contribution in [0.2, 0.25) is 0 Å². The number of rotatable bonds is 8. The Hall–Kier alpha value is -2.29. The molecule has 1 aromatic heterocycles. The Morgan fingerprint density at radius 1 is 1.11 bits per heavy atom. The Kier molecular flexibility index (Phi) is 6.54. The van der Waals surface area contributed by atoms with E-state index in [0.29, 0.717) is 5.82 Å². The van der Waals surface area contributed by atoms with Crippen molar-refractivity contribution in [2.24, 2.45) is 0 Å². The molecule has 0 spiro atoms. The maximum absolute atomic E-state index is 6.15. The van der Waals surface area contributed by atoms with Gasteiger partial charge in [0, 0.05) is 24.5 Å². The summed E-state index contributed by atoms with van der Waals surface area (Å²) >= 11 is 0. The van der Waals surface area contributed by atoms with E-state index < -0.39 is 0 Å². The van der Waals surface area contributed by atoms with Gasteiger partial charge in [-0.15, -0.1) is 0 Å². The van der Waals surface area contributed by atoms with Crippen molar-refractivity contribution in [2.75, 3.05) is 18.8 Å². The van der Waals surface area contributed by atoms with Gasteiger partial charge in [0.1, 0.15) is 5.82 Å². The molecule has 0 radical (unpaired) electrons. The Labute approximate surface area is 164 Å². The van der Waals surface area contributed by atoms with Gasteiger partial charge in [-0.25, -0.2) is 4.98 Å². The van der Waals surface area contributed by atoms with E-state index >= 15 is 0 Å². The largest absolute Gasteiger partial charge is 0.383 e. The van der Waals surface area contributed by atoms with Crippen LogP contribution in [0.5, 0.6) is 0 Å². The third kappa shape index (κ3) is 4.91. The smallest absolute Gasteiger partial charge is 0.126 e. The van der Waals surface area contributed by atoms with Crippen molar-refractivity contribution < 1.29 is 0 Å². The zero-order chi connectivity index (χ0) is 19.2. The highest BCUT2D eigenvalue weighted by Gasteiger charge is 2.14. The van der Waals surface area contributed by atoms with Crippen molar-refractivity contribution in [3.05, 3.63) is 64.9 Å². The predicted octanol–water partition coefficient (Wildman–Crippen LogP) is 5.36. The Balaban J connectivity index is 1.70. The van der Waals surface area contributed by atoms with Gasteiger partial charge in [0.05, 0.1) is 0 Å². The number of nitrogen functional groups attached to an aromatic ring is 1. The number of nitrogens with zero attached hydrogens (tertiary/aromatic N) is 2. The maximum atomic E-state index is 6.15. The molecule has 0 amide bonds. The SMILES string of the molecule is C=C(c1ccc(Cc2cc(CCCCC)c(N)nc2C)cc1)N1CCCC1. The minimum absolute atomic E-state index is 0.699. The second kappa shape index (κ2) is 9.07. The zero-order valence-corrected chi connectivity index (χ0v) is 16.9. The number of hydrogen-bond donors (Lipinski definition) is 1. The molecular weight excluding hydrogens is 330 g/mol. The highest BCUT2D eigenvalue weighted by atomic mass is 15.1. The van der Waals surface area contributed by atoms with Crippen molar-refractivity contribution in [3.8, 4) is 0 Å². The van der Waals surface area contributed by atoms with Crippen LogP contribution < -0.4 is 5.73 Å². The highest BCUT2D eigenvalue weighted by molar-refractivity contribution is 5.62. The van der Waals surface area contributed by atoms with E-state index in [1.807, 2.05) is 0 Å². The van der Waals surface area contributed by atoms with Gasteiger partial charge in [-0.2, -0.15) is 0 Å². The first-order valence-corrected chi connectivity index (χ1v) is 10.4. The van der Waals surface area contributed by atoms with Gasteiger partial charge >= 0.3 is 0 Å². The minimum Gasteiger partial charge on any atom is -0.383 e. The van der Waals surface area contributed by atoms with Crippen LogP contribution in [0.25, 0.3) is 5.70 Å². The summed E-state index contributed by atoms with van der Waals surface area (Å²) in [5.41, 5.74) is 13.4. The second-order valence-corrected chi connectivity index (χ2v) is 7.75. The molecule has 0 saturated carbocycles. The average Bonchev–Trinajstić information content (AvgIpc) is 3.20. The highest BCUT2D eigenvalue weighted by Crippen LogP contribution is 2.24. The predicted molar refractivity (Wildman–Crippen MR) is 116 cm³/mol. The average molecular weight is 364 g/mol. The lowest BCUT2D eigenvalue weighted by molar-refractivity contribution is 0.494. The third-order valence-corrected chi connectivity index (χ3v) is 5.65. The monoisotopic (exact) mass is 363 g/mol. The molecule has 0 atom stereocenters. The minimum atomic E-state index is 0.699. The van der Waals surface area contributed by atoms with E-state index in [-0.39, 0.29) is 0 Å². The summed E-state index contributed by atoms with van der Waals surface area (Å²) in [6, 6.07) is 11.1. The molecule has 1 aliphatic rings. The Morgan fingerprint density at radius 3 is 2.48 bits per heavy atom. The molecule has 3 nitrogen and oxygen atoms in total. The first-order chi connectivity index (χ1) is 13.1. The molecule has 2 aromatic rings. The van der Waals surface area contributed by atoms with Gasteiger partial charge in [0.2, 0.25) is 0 Å². The van der Waals surface area contributed by atoms with Gasteiger partial charge < -0.3 is 10.6 Å². The molecule has 1 saturated heterocycles. The summed E-state index contributed by atoms with van der Waals surface area (Å²) in [5.74, 6) is 0.699. The summed E-state index contributed by atoms with van der Waals surface area (Å²) in [7, 11) is 0. The number of aromatic nitrogens is 1. The summed E-state index contributed by atoms with van der Waals surface area (Å²) < 4.78 is 0. The van der Waals surface area contributed by atoms with Crippen LogP contribution in [0.15, 0.2) is 36.9 Å². The van der Waals surface area contributed by atoms with E-state index in [1.54, 1.807) is 0 Å². The van der Waals surface area contributed by atoms with E-state index in [1.165, 1.54) is 54.4 Å². The molecule has 0 bridgehead atoms. The van der Waals surface area contributed by atoms with E-state index in [2.05, 4.69) is 60.6 Å². The number of unbranched alkanes of at least 4 members (excludes halogenated alkanes) is 2. The van der Waals surface area contributed by atoms with Crippen LogP contribution in [-0.2, 0) is 12.8 Å². The van der Waals surface area contributed by atoms with Crippen LogP contribution in [0.4, 0.5) is 5.82 Å². The lowest BCUT2D eigenvalue weighted by atomic mass is 9.98. The Bertz CT molecular complexity index is 771. The van der Waals surface area contributed by atoms with Crippen molar-refractivity contribution in [2.45, 2.75) is 58.8 Å². The third-order valence-electron chi connectivity index (χ3n) is 5.65. The van der Waals surface area contributed by atoms with Gasteiger partial charge in [0.25, 0.3) is 0 Å². The van der Waals surface area contributed by atoms with Crippen LogP contribution in [0.1, 0.15) is 67.0 Å². The fourth-order valence-corrected chi connectivity index (χ4v) is 3.86.